The lowest BCUT2D eigenvalue weighted by Gasteiger charge is -2.37. The third-order valence-electron chi connectivity index (χ3n) is 10.7. The van der Waals surface area contributed by atoms with Crippen molar-refractivity contribution in [2.45, 2.75) is 89.2 Å². The first-order valence-electron chi connectivity index (χ1n) is 17.7. The van der Waals surface area contributed by atoms with Crippen LogP contribution >= 0.6 is 0 Å². The Morgan fingerprint density at radius 1 is 1.12 bits per heavy atom. The smallest absolute Gasteiger partial charge is 0.313 e. The van der Waals surface area contributed by atoms with Crippen LogP contribution in [0.2, 0.25) is 0 Å². The molecule has 3 saturated heterocycles. The molecule has 5 rings (SSSR count). The number of allylic oxidation sites excluding steroid dienone is 1. The number of benzene rings is 2. The van der Waals surface area contributed by atoms with Gasteiger partial charge < -0.3 is 29.3 Å². The van der Waals surface area contributed by atoms with Gasteiger partial charge in [-0.2, -0.15) is 0 Å². The highest BCUT2D eigenvalue weighted by molar-refractivity contribution is 6.05. The summed E-state index contributed by atoms with van der Waals surface area (Å²) in [5.41, 5.74) is 2.13. The molecule has 3 fully saturated rings. The molecule has 0 radical (unpaired) electrons. The molecular weight excluding hydrogens is 634 g/mol. The number of unbranched alkanes of at least 4 members (excludes halogenated alkanes) is 1. The molecule has 50 heavy (non-hydrogen) atoms. The zero-order chi connectivity index (χ0) is 36.2. The minimum absolute atomic E-state index is 0.0442. The van der Waals surface area contributed by atoms with Gasteiger partial charge in [0.15, 0.2) is 0 Å². The fourth-order valence-corrected chi connectivity index (χ4v) is 8.05. The normalized spacial score (nSPS) is 24.7. The summed E-state index contributed by atoms with van der Waals surface area (Å²) in [6, 6.07) is 13.7. The van der Waals surface area contributed by atoms with E-state index in [1.807, 2.05) is 69.3 Å². The fourth-order valence-electron chi connectivity index (χ4n) is 8.05. The molecule has 1 spiro atoms. The second-order valence-electron chi connectivity index (χ2n) is 13.9. The minimum Gasteiger partial charge on any atom is -0.455 e. The summed E-state index contributed by atoms with van der Waals surface area (Å²) in [4.78, 5) is 61.7. The van der Waals surface area contributed by atoms with Gasteiger partial charge in [-0.15, -0.1) is 13.2 Å². The summed E-state index contributed by atoms with van der Waals surface area (Å²) >= 11 is 0. The van der Waals surface area contributed by atoms with Gasteiger partial charge in [-0.1, -0.05) is 54.6 Å². The van der Waals surface area contributed by atoms with E-state index in [1.165, 1.54) is 0 Å². The van der Waals surface area contributed by atoms with E-state index in [2.05, 4.69) is 13.2 Å². The maximum atomic E-state index is 14.9. The van der Waals surface area contributed by atoms with Gasteiger partial charge in [0.1, 0.15) is 17.7 Å². The molecule has 3 aliphatic rings. The van der Waals surface area contributed by atoms with Crippen molar-refractivity contribution in [1.82, 2.24) is 9.80 Å². The number of anilines is 1. The van der Waals surface area contributed by atoms with Crippen LogP contribution in [0.5, 0.6) is 0 Å². The van der Waals surface area contributed by atoms with Crippen LogP contribution in [0.3, 0.4) is 0 Å². The molecule has 0 unspecified atom stereocenters. The van der Waals surface area contributed by atoms with Crippen LogP contribution in [0.1, 0.15) is 68.2 Å². The number of aryl methyl sites for hydroxylation is 2. The van der Waals surface area contributed by atoms with Crippen LogP contribution in [0, 0.1) is 25.7 Å². The standard InChI is InChI=1S/C40H51N3O7/c1-7-9-17-32(45)41(6)28(5)35(29-15-11-10-12-16-29)49-39(48)33-31-20-21-40(50-31)34(33)37(46)43(23-13-14-24-44)36(40)38(47)42(22-8-2)30-25-26(3)18-19-27(30)4/h7-8,10-12,15-16,18-19,25,28,31,33-36,44H,1-2,9,13-14,17,20-24H2,3-6H3/t28-,31-,33+,34+,35+,36-,40+/m0/s1. The van der Waals surface area contributed by atoms with Crippen molar-refractivity contribution in [2.24, 2.45) is 11.8 Å². The van der Waals surface area contributed by atoms with Crippen molar-refractivity contribution in [1.29, 1.82) is 0 Å². The molecule has 0 aliphatic carbocycles. The van der Waals surface area contributed by atoms with Crippen molar-refractivity contribution in [3.05, 3.63) is 90.5 Å². The third-order valence-corrected chi connectivity index (χ3v) is 10.7. The molecule has 0 aromatic heterocycles. The molecular formula is C40H51N3O7. The van der Waals surface area contributed by atoms with Crippen molar-refractivity contribution >= 4 is 29.4 Å². The summed E-state index contributed by atoms with van der Waals surface area (Å²) in [6.45, 7) is 13.8. The number of likely N-dealkylation sites (N-methyl/N-ethyl adjacent to an activating group) is 1. The third kappa shape index (κ3) is 6.88. The van der Waals surface area contributed by atoms with Gasteiger partial charge in [-0.3, -0.25) is 19.2 Å². The Kier molecular flexibility index (Phi) is 11.6. The van der Waals surface area contributed by atoms with Crippen molar-refractivity contribution in [3.63, 3.8) is 0 Å². The lowest BCUT2D eigenvalue weighted by atomic mass is 9.70. The summed E-state index contributed by atoms with van der Waals surface area (Å²) in [5, 5.41) is 9.56. The predicted octanol–water partition coefficient (Wildman–Crippen LogP) is 5.07. The molecule has 10 heteroatoms. The van der Waals surface area contributed by atoms with Gasteiger partial charge in [0, 0.05) is 38.9 Å². The number of aliphatic hydroxyl groups excluding tert-OH is 1. The quantitative estimate of drug-likeness (QED) is 0.149. The van der Waals surface area contributed by atoms with Gasteiger partial charge in [0.2, 0.25) is 11.8 Å². The fraction of sp³-hybridized carbons (Fsp3) is 0.500. The highest BCUT2D eigenvalue weighted by Gasteiger charge is 2.75. The number of aliphatic hydroxyl groups is 1. The Hall–Kier alpha value is -4.28. The lowest BCUT2D eigenvalue weighted by Crippen LogP contribution is -2.56. The highest BCUT2D eigenvalue weighted by atomic mass is 16.6. The van der Waals surface area contributed by atoms with Crippen molar-refractivity contribution in [2.75, 3.05) is 31.6 Å². The molecule has 268 valence electrons. The zero-order valence-corrected chi connectivity index (χ0v) is 29.8. The molecule has 2 bridgehead atoms. The van der Waals surface area contributed by atoms with E-state index in [4.69, 9.17) is 9.47 Å². The molecule has 2 aromatic carbocycles. The number of amides is 3. The maximum absolute atomic E-state index is 14.9. The van der Waals surface area contributed by atoms with Crippen LogP contribution in [-0.2, 0) is 28.7 Å². The second-order valence-corrected chi connectivity index (χ2v) is 13.9. The first-order valence-corrected chi connectivity index (χ1v) is 17.7. The zero-order valence-electron chi connectivity index (χ0n) is 29.8. The van der Waals surface area contributed by atoms with Gasteiger partial charge in [-0.05, 0) is 75.6 Å². The number of carbonyl (C=O) groups excluding carboxylic acids is 4. The van der Waals surface area contributed by atoms with Crippen LogP contribution in [0.4, 0.5) is 5.69 Å². The molecule has 7 atom stereocenters. The summed E-state index contributed by atoms with van der Waals surface area (Å²) in [6.07, 6.45) is 4.64. The van der Waals surface area contributed by atoms with Crippen molar-refractivity contribution in [3.8, 4) is 0 Å². The van der Waals surface area contributed by atoms with Crippen LogP contribution < -0.4 is 4.90 Å². The maximum Gasteiger partial charge on any atom is 0.313 e. The lowest BCUT2D eigenvalue weighted by molar-refractivity contribution is -0.164. The molecule has 3 amide bonds. The molecule has 1 N–H and O–H groups in total. The first kappa shape index (κ1) is 37.0. The largest absolute Gasteiger partial charge is 0.455 e. The van der Waals surface area contributed by atoms with Gasteiger partial charge in [-0.25, -0.2) is 0 Å². The SMILES string of the molecule is C=CCCC(=O)N(C)[C@@H](C)[C@@H](OC(=O)[C@@H]1[C@@H]2CC[C@]3(O2)[C@H](C(=O)N(CC=C)c2cc(C)ccc2C)N(CCCCO)C(=O)[C@@H]13)c1ccccc1. The summed E-state index contributed by atoms with van der Waals surface area (Å²) in [5.74, 6) is -3.13. The number of esters is 1. The van der Waals surface area contributed by atoms with E-state index in [1.54, 1.807) is 33.9 Å². The van der Waals surface area contributed by atoms with E-state index in [9.17, 15) is 24.3 Å². The first-order chi connectivity index (χ1) is 24.0. The van der Waals surface area contributed by atoms with Crippen LogP contribution in [0.15, 0.2) is 73.8 Å². The molecule has 0 saturated carbocycles. The number of rotatable bonds is 16. The topological polar surface area (TPSA) is 117 Å². The number of carbonyl (C=O) groups is 4. The minimum atomic E-state index is -1.22. The number of nitrogens with zero attached hydrogens (tertiary/aromatic N) is 3. The van der Waals surface area contributed by atoms with E-state index < -0.39 is 47.7 Å². The summed E-state index contributed by atoms with van der Waals surface area (Å²) in [7, 11) is 1.70. The number of fused-ring (bicyclic) bond motifs is 1. The summed E-state index contributed by atoms with van der Waals surface area (Å²) < 4.78 is 13.0. The van der Waals surface area contributed by atoms with E-state index in [0.29, 0.717) is 32.1 Å². The Morgan fingerprint density at radius 3 is 2.54 bits per heavy atom. The highest BCUT2D eigenvalue weighted by Crippen LogP contribution is 2.59. The molecule has 2 aromatic rings. The Labute approximate surface area is 295 Å². The number of ether oxygens (including phenoxy) is 2. The number of hydrogen-bond acceptors (Lipinski definition) is 7. The Balaban J connectivity index is 1.50. The van der Waals surface area contributed by atoms with E-state index in [0.717, 1.165) is 22.4 Å². The van der Waals surface area contributed by atoms with Crippen LogP contribution in [-0.4, -0.2) is 89.1 Å². The molecule has 3 aliphatic heterocycles. The monoisotopic (exact) mass is 685 g/mol. The Bertz CT molecular complexity index is 1590. The average Bonchev–Trinajstić information content (AvgIpc) is 3.76. The van der Waals surface area contributed by atoms with Gasteiger partial charge in [0.25, 0.3) is 5.91 Å². The van der Waals surface area contributed by atoms with Gasteiger partial charge in [0.05, 0.1) is 24.0 Å². The number of likely N-dealkylation sites (tertiary alicyclic amines) is 1. The predicted molar refractivity (Wildman–Crippen MR) is 191 cm³/mol. The second kappa shape index (κ2) is 15.7. The van der Waals surface area contributed by atoms with Crippen molar-refractivity contribution < 1.29 is 33.8 Å². The number of hydrogen-bond donors (Lipinski definition) is 1. The molecule has 10 nitrogen and oxygen atoms in total. The van der Waals surface area contributed by atoms with E-state index in [-0.39, 0.29) is 43.8 Å². The average molecular weight is 686 g/mol. The van der Waals surface area contributed by atoms with E-state index >= 15 is 0 Å². The van der Waals surface area contributed by atoms with Crippen LogP contribution in [0.25, 0.3) is 0 Å². The molecule has 3 heterocycles. The Morgan fingerprint density at radius 2 is 1.86 bits per heavy atom. The van der Waals surface area contributed by atoms with Gasteiger partial charge >= 0.3 is 5.97 Å².